The summed E-state index contributed by atoms with van der Waals surface area (Å²) in [6, 6.07) is 11.9. The second-order valence-electron chi connectivity index (χ2n) is 5.08. The molecule has 0 fully saturated rings. The highest BCUT2D eigenvalue weighted by Gasteiger charge is 2.27. The molecule has 0 aliphatic carbocycles. The number of hydrogen-bond donors (Lipinski definition) is 2. The fraction of sp³-hybridized carbons (Fsp3) is 0.125. The zero-order valence-corrected chi connectivity index (χ0v) is 13.1. The normalized spacial score (nSPS) is 16.0. The number of carbonyl (C=O) groups excluding carboxylic acids is 1. The predicted molar refractivity (Wildman–Crippen MR) is 87.7 cm³/mol. The Morgan fingerprint density at radius 1 is 1.21 bits per heavy atom. The smallest absolute Gasteiger partial charge is 0.283 e. The van der Waals surface area contributed by atoms with Gasteiger partial charge >= 0.3 is 0 Å². The van der Waals surface area contributed by atoms with Gasteiger partial charge in [-0.3, -0.25) is 15.6 Å². The number of thiazole rings is 1. The molecule has 0 spiro atoms. The molecule has 0 radical (unpaired) electrons. The molecule has 24 heavy (non-hydrogen) atoms. The van der Waals surface area contributed by atoms with Gasteiger partial charge < -0.3 is 9.47 Å². The fourth-order valence-electron chi connectivity index (χ4n) is 2.31. The second kappa shape index (κ2) is 5.97. The topological polar surface area (TPSA) is 72.5 Å². The van der Waals surface area contributed by atoms with Crippen molar-refractivity contribution in [3.63, 3.8) is 0 Å². The summed E-state index contributed by atoms with van der Waals surface area (Å²) in [4.78, 5) is 16.3. The van der Waals surface area contributed by atoms with Crippen LogP contribution in [0.3, 0.4) is 0 Å². The number of amides is 1. The molecule has 6 nitrogen and oxygen atoms in total. The number of ether oxygens (including phenoxy) is 2. The van der Waals surface area contributed by atoms with E-state index in [1.807, 2.05) is 6.07 Å². The quantitative estimate of drug-likeness (QED) is 0.714. The third-order valence-corrected chi connectivity index (χ3v) is 4.40. The largest absolute Gasteiger partial charge is 0.485 e. The number of anilines is 1. The zero-order valence-electron chi connectivity index (χ0n) is 12.3. The summed E-state index contributed by atoms with van der Waals surface area (Å²) in [5.41, 5.74) is 5.47. The summed E-state index contributed by atoms with van der Waals surface area (Å²) in [5.74, 6) is 0.329. The molecule has 2 N–H and O–H groups in total. The number of carbonyl (C=O) groups is 1. The lowest BCUT2D eigenvalue weighted by atomic mass is 10.2. The van der Waals surface area contributed by atoms with Crippen molar-refractivity contribution in [1.29, 1.82) is 0 Å². The number of benzene rings is 2. The van der Waals surface area contributed by atoms with Crippen LogP contribution in [-0.2, 0) is 4.79 Å². The monoisotopic (exact) mass is 345 g/mol. The van der Waals surface area contributed by atoms with Gasteiger partial charge in [0.2, 0.25) is 11.2 Å². The number of hydrazine groups is 1. The third-order valence-electron chi connectivity index (χ3n) is 3.46. The summed E-state index contributed by atoms with van der Waals surface area (Å²) < 4.78 is 25.4. The maximum absolute atomic E-state index is 13.6. The van der Waals surface area contributed by atoms with Crippen molar-refractivity contribution >= 4 is 32.6 Å². The molecule has 0 saturated heterocycles. The van der Waals surface area contributed by atoms with E-state index in [1.54, 1.807) is 30.3 Å². The van der Waals surface area contributed by atoms with Gasteiger partial charge in [0.1, 0.15) is 17.9 Å². The van der Waals surface area contributed by atoms with E-state index in [9.17, 15) is 9.18 Å². The van der Waals surface area contributed by atoms with Gasteiger partial charge in [-0.25, -0.2) is 9.37 Å². The molecular weight excluding hydrogens is 333 g/mol. The van der Waals surface area contributed by atoms with Crippen molar-refractivity contribution in [2.24, 2.45) is 0 Å². The van der Waals surface area contributed by atoms with Crippen LogP contribution in [0, 0.1) is 5.82 Å². The van der Waals surface area contributed by atoms with Gasteiger partial charge in [-0.05, 0) is 24.3 Å². The van der Waals surface area contributed by atoms with E-state index in [1.165, 1.54) is 17.4 Å². The van der Waals surface area contributed by atoms with Gasteiger partial charge in [-0.2, -0.15) is 0 Å². The van der Waals surface area contributed by atoms with Crippen molar-refractivity contribution in [2.75, 3.05) is 12.0 Å². The molecule has 1 aromatic heterocycles. The SMILES string of the molecule is O=C(NNc1nc2c(F)cccc2s1)[C@@H]1COc2ccccc2O1. The third kappa shape index (κ3) is 2.71. The highest BCUT2D eigenvalue weighted by Crippen LogP contribution is 2.31. The minimum atomic E-state index is -0.779. The maximum atomic E-state index is 13.6. The van der Waals surface area contributed by atoms with Crippen LogP contribution < -0.4 is 20.3 Å². The average Bonchev–Trinajstić information content (AvgIpc) is 3.04. The lowest BCUT2D eigenvalue weighted by molar-refractivity contribution is -0.129. The Bertz CT molecular complexity index is 914. The Morgan fingerprint density at radius 3 is 2.88 bits per heavy atom. The molecule has 3 aromatic rings. The zero-order chi connectivity index (χ0) is 16.5. The van der Waals surface area contributed by atoms with Crippen molar-refractivity contribution in [3.8, 4) is 11.5 Å². The number of aromatic nitrogens is 1. The van der Waals surface area contributed by atoms with E-state index in [0.29, 0.717) is 21.3 Å². The first kappa shape index (κ1) is 14.7. The summed E-state index contributed by atoms with van der Waals surface area (Å²) in [6.45, 7) is 0.110. The van der Waals surface area contributed by atoms with Gasteiger partial charge in [0.05, 0.1) is 4.70 Å². The summed E-state index contributed by atoms with van der Waals surface area (Å²) >= 11 is 1.24. The minimum Gasteiger partial charge on any atom is -0.485 e. The van der Waals surface area contributed by atoms with Crippen LogP contribution in [0.2, 0.25) is 0 Å². The van der Waals surface area contributed by atoms with Crippen LogP contribution in [-0.4, -0.2) is 23.6 Å². The molecule has 1 atom stereocenters. The number of rotatable bonds is 3. The molecule has 0 saturated carbocycles. The van der Waals surface area contributed by atoms with Gasteiger partial charge in [0.25, 0.3) is 5.91 Å². The minimum absolute atomic E-state index is 0.110. The maximum Gasteiger partial charge on any atom is 0.283 e. The molecule has 1 aliphatic rings. The molecule has 0 unspecified atom stereocenters. The Balaban J connectivity index is 1.42. The van der Waals surface area contributed by atoms with Crippen LogP contribution in [0.4, 0.5) is 9.52 Å². The Hall–Kier alpha value is -2.87. The Kier molecular flexibility index (Phi) is 3.66. The molecule has 122 valence electrons. The van der Waals surface area contributed by atoms with E-state index < -0.39 is 17.8 Å². The standard InChI is InChI=1S/C16H12FN3O3S/c17-9-4-3-7-13-14(9)18-16(24-13)20-19-15(21)12-8-22-10-5-1-2-6-11(10)23-12/h1-7,12H,8H2,(H,18,20)(H,19,21)/t12-/m0/s1. The number of halogens is 1. The number of fused-ring (bicyclic) bond motifs is 2. The molecule has 1 aliphatic heterocycles. The summed E-state index contributed by atoms with van der Waals surface area (Å²) in [5, 5.41) is 0.389. The van der Waals surface area contributed by atoms with Gasteiger partial charge in [-0.15, -0.1) is 0 Å². The number of nitrogens with zero attached hydrogens (tertiary/aromatic N) is 1. The van der Waals surface area contributed by atoms with Crippen LogP contribution in [0.5, 0.6) is 11.5 Å². The highest BCUT2D eigenvalue weighted by molar-refractivity contribution is 7.22. The van der Waals surface area contributed by atoms with Crippen molar-refractivity contribution in [3.05, 3.63) is 48.3 Å². The second-order valence-corrected chi connectivity index (χ2v) is 6.11. The first-order valence-electron chi connectivity index (χ1n) is 7.20. The number of hydrogen-bond acceptors (Lipinski definition) is 6. The number of para-hydroxylation sites is 3. The first-order valence-corrected chi connectivity index (χ1v) is 8.02. The summed E-state index contributed by atoms with van der Waals surface area (Å²) in [7, 11) is 0. The lowest BCUT2D eigenvalue weighted by Gasteiger charge is -2.25. The van der Waals surface area contributed by atoms with Crippen LogP contribution >= 0.6 is 11.3 Å². The Labute approximate surface area is 140 Å². The van der Waals surface area contributed by atoms with Crippen molar-refractivity contribution < 1.29 is 18.7 Å². The first-order chi connectivity index (χ1) is 11.7. The molecular formula is C16H12FN3O3S. The molecule has 4 rings (SSSR count). The molecule has 0 bridgehead atoms. The van der Waals surface area contributed by atoms with Crippen LogP contribution in [0.1, 0.15) is 0 Å². The molecule has 2 aromatic carbocycles. The van der Waals surface area contributed by atoms with Gasteiger partial charge in [0.15, 0.2) is 11.5 Å². The fourth-order valence-corrected chi connectivity index (χ4v) is 3.15. The van der Waals surface area contributed by atoms with Crippen molar-refractivity contribution in [2.45, 2.75) is 6.10 Å². The van der Waals surface area contributed by atoms with Crippen LogP contribution in [0.15, 0.2) is 42.5 Å². The van der Waals surface area contributed by atoms with E-state index in [4.69, 9.17) is 9.47 Å². The Morgan fingerprint density at radius 2 is 2.04 bits per heavy atom. The lowest BCUT2D eigenvalue weighted by Crippen LogP contribution is -2.45. The van der Waals surface area contributed by atoms with E-state index in [0.717, 1.165) is 0 Å². The molecule has 2 heterocycles. The van der Waals surface area contributed by atoms with E-state index in [2.05, 4.69) is 15.8 Å². The van der Waals surface area contributed by atoms with Gasteiger partial charge in [-0.1, -0.05) is 29.5 Å². The summed E-state index contributed by atoms with van der Waals surface area (Å²) in [6.07, 6.45) is -0.779. The average molecular weight is 345 g/mol. The van der Waals surface area contributed by atoms with Crippen LogP contribution in [0.25, 0.3) is 10.2 Å². The van der Waals surface area contributed by atoms with Gasteiger partial charge in [0, 0.05) is 0 Å². The number of nitrogens with one attached hydrogen (secondary N) is 2. The molecule has 1 amide bonds. The molecule has 8 heteroatoms. The van der Waals surface area contributed by atoms with Crippen molar-refractivity contribution in [1.82, 2.24) is 10.4 Å². The predicted octanol–water partition coefficient (Wildman–Crippen LogP) is 2.72. The van der Waals surface area contributed by atoms with E-state index >= 15 is 0 Å². The highest BCUT2D eigenvalue weighted by atomic mass is 32.1. The van der Waals surface area contributed by atoms with E-state index in [-0.39, 0.29) is 12.1 Å².